The number of fused-ring (bicyclic) bond motifs is 1. The molecule has 1 saturated heterocycles. The van der Waals surface area contributed by atoms with Gasteiger partial charge in [-0.2, -0.15) is 0 Å². The molecule has 2 aromatic heterocycles. The number of nitrogens with zero attached hydrogens (tertiary/aromatic N) is 3. The van der Waals surface area contributed by atoms with E-state index in [0.717, 1.165) is 19.4 Å². The first kappa shape index (κ1) is 16.8. The lowest BCUT2D eigenvalue weighted by Gasteiger charge is -2.37. The predicted octanol–water partition coefficient (Wildman–Crippen LogP) is 2.47. The summed E-state index contributed by atoms with van der Waals surface area (Å²) in [6, 6.07) is 5.95. The summed E-state index contributed by atoms with van der Waals surface area (Å²) in [5, 5.41) is 3.16. The van der Waals surface area contributed by atoms with Crippen LogP contribution >= 0.6 is 0 Å². The van der Waals surface area contributed by atoms with E-state index in [1.807, 2.05) is 15.9 Å². The Balaban J connectivity index is 1.31. The summed E-state index contributed by atoms with van der Waals surface area (Å²) in [6.07, 6.45) is 6.59. The molecule has 1 unspecified atom stereocenters. The molecule has 0 saturated carbocycles. The second-order valence-electron chi connectivity index (χ2n) is 7.02. The van der Waals surface area contributed by atoms with Crippen molar-refractivity contribution in [2.45, 2.75) is 38.4 Å². The highest BCUT2D eigenvalue weighted by Gasteiger charge is 2.30. The third-order valence-corrected chi connectivity index (χ3v) is 5.48. The van der Waals surface area contributed by atoms with Gasteiger partial charge in [0.25, 0.3) is 5.91 Å². The van der Waals surface area contributed by atoms with Gasteiger partial charge in [-0.3, -0.25) is 4.79 Å². The molecule has 7 heteroatoms. The van der Waals surface area contributed by atoms with E-state index in [9.17, 15) is 9.59 Å². The maximum atomic E-state index is 12.7. The van der Waals surface area contributed by atoms with Crippen LogP contribution in [0.3, 0.4) is 0 Å². The van der Waals surface area contributed by atoms with Crippen molar-refractivity contribution in [1.82, 2.24) is 19.7 Å². The molecule has 4 heterocycles. The molecular weight excluding hydrogens is 332 g/mol. The second kappa shape index (κ2) is 6.90. The fraction of sp³-hybridized carbons (Fsp3) is 0.474. The first-order valence-electron chi connectivity index (χ1n) is 9.17. The topological polar surface area (TPSA) is 70.7 Å². The van der Waals surface area contributed by atoms with Crippen LogP contribution in [0.5, 0.6) is 0 Å². The van der Waals surface area contributed by atoms with E-state index in [-0.39, 0.29) is 24.0 Å². The van der Waals surface area contributed by atoms with E-state index in [1.54, 1.807) is 6.07 Å². The van der Waals surface area contributed by atoms with Crippen molar-refractivity contribution in [3.8, 4) is 0 Å². The zero-order chi connectivity index (χ0) is 18.1. The molecule has 0 radical (unpaired) electrons. The number of rotatable bonds is 2. The molecule has 0 aromatic carbocycles. The smallest absolute Gasteiger partial charge is 0.318 e. The van der Waals surface area contributed by atoms with Crippen LogP contribution in [0.15, 0.2) is 41.3 Å². The van der Waals surface area contributed by atoms with Gasteiger partial charge < -0.3 is 24.1 Å². The summed E-state index contributed by atoms with van der Waals surface area (Å²) in [5.41, 5.74) is 1.75. The highest BCUT2D eigenvalue weighted by atomic mass is 16.3. The van der Waals surface area contributed by atoms with E-state index < -0.39 is 0 Å². The summed E-state index contributed by atoms with van der Waals surface area (Å²) in [7, 11) is 0. The minimum absolute atomic E-state index is 0.00561. The minimum atomic E-state index is -0.00967. The SMILES string of the molecule is CC1c2cccn2CCN1C(=O)NC1CCN(C(=O)c2ccoc2)CC1. The number of hydrogen-bond donors (Lipinski definition) is 1. The van der Waals surface area contributed by atoms with Gasteiger partial charge in [0.2, 0.25) is 0 Å². The number of carbonyl (C=O) groups is 2. The van der Waals surface area contributed by atoms with Crippen molar-refractivity contribution in [2.24, 2.45) is 0 Å². The molecule has 2 aromatic rings. The van der Waals surface area contributed by atoms with Gasteiger partial charge >= 0.3 is 6.03 Å². The largest absolute Gasteiger partial charge is 0.472 e. The van der Waals surface area contributed by atoms with Crippen molar-refractivity contribution >= 4 is 11.9 Å². The molecule has 1 N–H and O–H groups in total. The molecule has 2 aliphatic rings. The van der Waals surface area contributed by atoms with Crippen molar-refractivity contribution in [2.75, 3.05) is 19.6 Å². The van der Waals surface area contributed by atoms with E-state index >= 15 is 0 Å². The van der Waals surface area contributed by atoms with Crippen LogP contribution < -0.4 is 5.32 Å². The predicted molar refractivity (Wildman–Crippen MR) is 95.7 cm³/mol. The van der Waals surface area contributed by atoms with Gasteiger partial charge in [-0.15, -0.1) is 0 Å². The van der Waals surface area contributed by atoms with Crippen LogP contribution in [0.1, 0.15) is 41.9 Å². The van der Waals surface area contributed by atoms with Gasteiger partial charge in [0.05, 0.1) is 17.9 Å². The molecule has 26 heavy (non-hydrogen) atoms. The standard InChI is InChI=1S/C19H24N4O3/c1-14-17-3-2-7-21(17)10-11-23(14)19(25)20-16-4-8-22(9-5-16)18(24)15-6-12-26-13-15/h2-3,6-7,12-14,16H,4-5,8-11H2,1H3,(H,20,25). The normalized spacial score (nSPS) is 20.7. The molecule has 1 fully saturated rings. The van der Waals surface area contributed by atoms with Crippen LogP contribution in [-0.2, 0) is 6.54 Å². The second-order valence-corrected chi connectivity index (χ2v) is 7.02. The third-order valence-electron chi connectivity index (χ3n) is 5.48. The van der Waals surface area contributed by atoms with Crippen LogP contribution in [0.25, 0.3) is 0 Å². The van der Waals surface area contributed by atoms with Crippen molar-refractivity contribution < 1.29 is 14.0 Å². The van der Waals surface area contributed by atoms with E-state index in [0.29, 0.717) is 25.2 Å². The molecular formula is C19H24N4O3. The Bertz CT molecular complexity index is 775. The van der Waals surface area contributed by atoms with Gasteiger partial charge in [-0.1, -0.05) is 0 Å². The van der Waals surface area contributed by atoms with E-state index in [2.05, 4.69) is 29.1 Å². The Morgan fingerprint density at radius 3 is 2.69 bits per heavy atom. The zero-order valence-corrected chi connectivity index (χ0v) is 14.9. The first-order chi connectivity index (χ1) is 12.6. The summed E-state index contributed by atoms with van der Waals surface area (Å²) in [6.45, 7) is 4.90. The highest BCUT2D eigenvalue weighted by molar-refractivity contribution is 5.93. The summed E-state index contributed by atoms with van der Waals surface area (Å²) in [5.74, 6) is -0.00561. The number of furan rings is 1. The third kappa shape index (κ3) is 3.09. The number of amides is 3. The number of nitrogens with one attached hydrogen (secondary N) is 1. The van der Waals surface area contributed by atoms with Gasteiger partial charge in [0, 0.05) is 44.1 Å². The fourth-order valence-corrected chi connectivity index (χ4v) is 3.91. The molecule has 0 bridgehead atoms. The summed E-state index contributed by atoms with van der Waals surface area (Å²) < 4.78 is 7.19. The van der Waals surface area contributed by atoms with Gasteiger partial charge in [-0.25, -0.2) is 4.79 Å². The van der Waals surface area contributed by atoms with Crippen LogP contribution in [-0.4, -0.2) is 52.0 Å². The van der Waals surface area contributed by atoms with Gasteiger partial charge in [0.15, 0.2) is 0 Å². The number of carbonyl (C=O) groups excluding carboxylic acids is 2. The average Bonchev–Trinajstić information content (AvgIpc) is 3.34. The van der Waals surface area contributed by atoms with Crippen LogP contribution in [0, 0.1) is 0 Å². The zero-order valence-electron chi connectivity index (χ0n) is 14.9. The quantitative estimate of drug-likeness (QED) is 0.899. The number of aromatic nitrogens is 1. The number of piperidine rings is 1. The lowest BCUT2D eigenvalue weighted by Crippen LogP contribution is -2.52. The Hall–Kier alpha value is -2.70. The van der Waals surface area contributed by atoms with Gasteiger partial charge in [-0.05, 0) is 38.0 Å². The average molecular weight is 356 g/mol. The number of urea groups is 1. The molecule has 0 aliphatic carbocycles. The Labute approximate surface area is 152 Å². The molecule has 1 atom stereocenters. The minimum Gasteiger partial charge on any atom is -0.472 e. The summed E-state index contributed by atoms with van der Waals surface area (Å²) >= 11 is 0. The molecule has 138 valence electrons. The Morgan fingerprint density at radius 1 is 1.15 bits per heavy atom. The maximum absolute atomic E-state index is 12.7. The van der Waals surface area contributed by atoms with Crippen LogP contribution in [0.2, 0.25) is 0 Å². The van der Waals surface area contributed by atoms with Crippen LogP contribution in [0.4, 0.5) is 4.79 Å². The molecule has 3 amide bonds. The molecule has 2 aliphatic heterocycles. The molecule has 7 nitrogen and oxygen atoms in total. The van der Waals surface area contributed by atoms with Crippen molar-refractivity contribution in [1.29, 1.82) is 0 Å². The Morgan fingerprint density at radius 2 is 1.96 bits per heavy atom. The van der Waals surface area contributed by atoms with Gasteiger partial charge in [0.1, 0.15) is 6.26 Å². The molecule has 0 spiro atoms. The summed E-state index contributed by atoms with van der Waals surface area (Å²) in [4.78, 5) is 28.8. The first-order valence-corrected chi connectivity index (χ1v) is 9.17. The number of hydrogen-bond acceptors (Lipinski definition) is 3. The van der Waals surface area contributed by atoms with Crippen molar-refractivity contribution in [3.05, 3.63) is 48.2 Å². The molecule has 4 rings (SSSR count). The highest BCUT2D eigenvalue weighted by Crippen LogP contribution is 2.25. The Kier molecular flexibility index (Phi) is 4.44. The fourth-order valence-electron chi connectivity index (χ4n) is 3.91. The lowest BCUT2D eigenvalue weighted by molar-refractivity contribution is 0.0704. The monoisotopic (exact) mass is 356 g/mol. The van der Waals surface area contributed by atoms with Crippen molar-refractivity contribution in [3.63, 3.8) is 0 Å². The number of likely N-dealkylation sites (tertiary alicyclic amines) is 1. The van der Waals surface area contributed by atoms with E-state index in [4.69, 9.17) is 4.42 Å². The lowest BCUT2D eigenvalue weighted by atomic mass is 10.0. The van der Waals surface area contributed by atoms with E-state index in [1.165, 1.54) is 18.2 Å². The maximum Gasteiger partial charge on any atom is 0.318 e.